The predicted molar refractivity (Wildman–Crippen MR) is 71.5 cm³/mol. The summed E-state index contributed by atoms with van der Waals surface area (Å²) in [7, 11) is -2.95. The zero-order valence-electron chi connectivity index (χ0n) is 10.8. The Balaban J connectivity index is 2.48. The Bertz CT molecular complexity index is 450. The maximum absolute atomic E-state index is 11.0. The molecule has 4 nitrogen and oxygen atoms in total. The van der Waals surface area contributed by atoms with E-state index in [1.54, 1.807) is 24.3 Å². The summed E-state index contributed by atoms with van der Waals surface area (Å²) in [6.07, 6.45) is 1.49. The summed E-state index contributed by atoms with van der Waals surface area (Å²) in [6.45, 7) is 2.52. The molecule has 1 N–H and O–H groups in total. The van der Waals surface area contributed by atoms with E-state index in [0.717, 1.165) is 11.3 Å². The number of aliphatic hydroxyl groups is 1. The summed E-state index contributed by atoms with van der Waals surface area (Å²) < 4.78 is 27.2. The van der Waals surface area contributed by atoms with Crippen molar-refractivity contribution in [2.24, 2.45) is 0 Å². The van der Waals surface area contributed by atoms with Gasteiger partial charge in [-0.1, -0.05) is 12.1 Å². The van der Waals surface area contributed by atoms with Crippen LogP contribution in [0.1, 0.15) is 31.4 Å². The van der Waals surface area contributed by atoms with Crippen LogP contribution in [0.4, 0.5) is 0 Å². The van der Waals surface area contributed by atoms with E-state index >= 15 is 0 Å². The van der Waals surface area contributed by atoms with Crippen molar-refractivity contribution in [1.29, 1.82) is 0 Å². The second-order valence-electron chi connectivity index (χ2n) is 4.29. The molecule has 0 spiro atoms. The molecule has 0 aromatic heterocycles. The van der Waals surface area contributed by atoms with Crippen molar-refractivity contribution in [1.82, 2.24) is 0 Å². The highest BCUT2D eigenvalue weighted by molar-refractivity contribution is 7.90. The number of ether oxygens (including phenoxy) is 1. The lowest BCUT2D eigenvalue weighted by atomic mass is 10.1. The van der Waals surface area contributed by atoms with Crippen LogP contribution in [-0.2, 0) is 9.84 Å². The molecule has 0 aliphatic carbocycles. The van der Waals surface area contributed by atoms with Crippen LogP contribution >= 0.6 is 0 Å². The SMILES string of the molecule is CCOc1ccc(C(O)CCCS(C)(=O)=O)cc1. The van der Waals surface area contributed by atoms with Crippen LogP contribution in [0.25, 0.3) is 0 Å². The number of sulfone groups is 1. The van der Waals surface area contributed by atoms with Crippen molar-refractivity contribution in [3.05, 3.63) is 29.8 Å². The molecule has 1 atom stereocenters. The van der Waals surface area contributed by atoms with Crippen molar-refractivity contribution in [2.45, 2.75) is 25.9 Å². The van der Waals surface area contributed by atoms with Crippen LogP contribution in [0.5, 0.6) is 5.75 Å². The fourth-order valence-electron chi connectivity index (χ4n) is 1.66. The van der Waals surface area contributed by atoms with Crippen LogP contribution in [0, 0.1) is 0 Å². The monoisotopic (exact) mass is 272 g/mol. The van der Waals surface area contributed by atoms with E-state index in [1.165, 1.54) is 6.26 Å². The Morgan fingerprint density at radius 3 is 2.39 bits per heavy atom. The summed E-state index contributed by atoms with van der Waals surface area (Å²) in [5.41, 5.74) is 0.784. The zero-order chi connectivity index (χ0) is 13.6. The van der Waals surface area contributed by atoms with Gasteiger partial charge >= 0.3 is 0 Å². The summed E-state index contributed by atoms with van der Waals surface area (Å²) >= 11 is 0. The molecule has 1 aromatic rings. The van der Waals surface area contributed by atoms with Gasteiger partial charge in [-0.3, -0.25) is 0 Å². The first-order valence-electron chi connectivity index (χ1n) is 6.01. The van der Waals surface area contributed by atoms with Gasteiger partial charge in [0, 0.05) is 12.0 Å². The standard InChI is InChI=1S/C13H20O4S/c1-3-17-12-8-6-11(7-9-12)13(14)5-4-10-18(2,15)16/h6-9,13-14H,3-5,10H2,1-2H3. The predicted octanol–water partition coefficient (Wildman–Crippen LogP) is 1.94. The average Bonchev–Trinajstić information content (AvgIpc) is 2.28. The Kier molecular flexibility index (Phi) is 5.62. The molecule has 0 saturated carbocycles. The van der Waals surface area contributed by atoms with E-state index in [1.807, 2.05) is 6.92 Å². The lowest BCUT2D eigenvalue weighted by molar-refractivity contribution is 0.166. The molecule has 5 heteroatoms. The second kappa shape index (κ2) is 6.75. The van der Waals surface area contributed by atoms with E-state index in [4.69, 9.17) is 4.74 Å². The molecule has 0 radical (unpaired) electrons. The van der Waals surface area contributed by atoms with Crippen molar-refractivity contribution in [3.8, 4) is 5.75 Å². The van der Waals surface area contributed by atoms with Crippen molar-refractivity contribution >= 4 is 9.84 Å². The average molecular weight is 272 g/mol. The zero-order valence-corrected chi connectivity index (χ0v) is 11.6. The highest BCUT2D eigenvalue weighted by Gasteiger charge is 2.09. The number of hydrogen-bond donors (Lipinski definition) is 1. The molecule has 0 heterocycles. The smallest absolute Gasteiger partial charge is 0.147 e. The third kappa shape index (κ3) is 5.51. The highest BCUT2D eigenvalue weighted by Crippen LogP contribution is 2.21. The third-order valence-electron chi connectivity index (χ3n) is 2.57. The molecule has 1 aromatic carbocycles. The first kappa shape index (κ1) is 15.0. The van der Waals surface area contributed by atoms with Crippen LogP contribution in [0.3, 0.4) is 0 Å². The number of hydrogen-bond acceptors (Lipinski definition) is 4. The largest absolute Gasteiger partial charge is 0.494 e. The van der Waals surface area contributed by atoms with Crippen LogP contribution in [0.15, 0.2) is 24.3 Å². The number of benzene rings is 1. The first-order chi connectivity index (χ1) is 8.42. The lowest BCUT2D eigenvalue weighted by Gasteiger charge is -2.11. The van der Waals surface area contributed by atoms with Crippen LogP contribution < -0.4 is 4.74 Å². The van der Waals surface area contributed by atoms with Crippen molar-refractivity contribution < 1.29 is 18.3 Å². The number of aliphatic hydroxyl groups excluding tert-OH is 1. The van der Waals surface area contributed by atoms with Crippen LogP contribution in [0.2, 0.25) is 0 Å². The van der Waals surface area contributed by atoms with Gasteiger partial charge < -0.3 is 9.84 Å². The topological polar surface area (TPSA) is 63.6 Å². The Morgan fingerprint density at radius 2 is 1.89 bits per heavy atom. The Hall–Kier alpha value is -1.07. The highest BCUT2D eigenvalue weighted by atomic mass is 32.2. The minimum atomic E-state index is -2.95. The normalized spacial score (nSPS) is 13.3. The minimum Gasteiger partial charge on any atom is -0.494 e. The van der Waals surface area contributed by atoms with Gasteiger partial charge in [0.15, 0.2) is 0 Å². The molecule has 0 saturated heterocycles. The Labute approximate surface area is 109 Å². The van der Waals surface area contributed by atoms with E-state index in [9.17, 15) is 13.5 Å². The molecule has 0 bridgehead atoms. The number of rotatable bonds is 7. The Morgan fingerprint density at radius 1 is 1.28 bits per heavy atom. The molecule has 1 rings (SSSR count). The van der Waals surface area contributed by atoms with Gasteiger partial charge in [0.05, 0.1) is 12.7 Å². The molecular formula is C13H20O4S. The van der Waals surface area contributed by atoms with Crippen LogP contribution in [-0.4, -0.2) is 32.1 Å². The van der Waals surface area contributed by atoms with Gasteiger partial charge in [0.25, 0.3) is 0 Å². The summed E-state index contributed by atoms with van der Waals surface area (Å²) in [4.78, 5) is 0. The minimum absolute atomic E-state index is 0.112. The van der Waals surface area contributed by atoms with Gasteiger partial charge in [-0.25, -0.2) is 8.42 Å². The van der Waals surface area contributed by atoms with Gasteiger partial charge in [0.1, 0.15) is 15.6 Å². The van der Waals surface area contributed by atoms with Crippen molar-refractivity contribution in [2.75, 3.05) is 18.6 Å². The summed E-state index contributed by atoms with van der Waals surface area (Å²) in [5, 5.41) is 9.90. The van der Waals surface area contributed by atoms with E-state index in [0.29, 0.717) is 19.4 Å². The quantitative estimate of drug-likeness (QED) is 0.824. The van der Waals surface area contributed by atoms with Crippen molar-refractivity contribution in [3.63, 3.8) is 0 Å². The van der Waals surface area contributed by atoms with Gasteiger partial charge in [-0.15, -0.1) is 0 Å². The van der Waals surface area contributed by atoms with E-state index in [-0.39, 0.29) is 5.75 Å². The molecule has 0 aliphatic rings. The van der Waals surface area contributed by atoms with Gasteiger partial charge in [-0.2, -0.15) is 0 Å². The molecular weight excluding hydrogens is 252 g/mol. The van der Waals surface area contributed by atoms with E-state index in [2.05, 4.69) is 0 Å². The third-order valence-corrected chi connectivity index (χ3v) is 3.60. The van der Waals surface area contributed by atoms with E-state index < -0.39 is 15.9 Å². The molecule has 0 amide bonds. The molecule has 0 aliphatic heterocycles. The fourth-order valence-corrected chi connectivity index (χ4v) is 2.35. The van der Waals surface area contributed by atoms with Gasteiger partial charge in [0.2, 0.25) is 0 Å². The summed E-state index contributed by atoms with van der Waals surface area (Å²) in [5.74, 6) is 0.880. The van der Waals surface area contributed by atoms with Gasteiger partial charge in [-0.05, 0) is 37.5 Å². The fraction of sp³-hybridized carbons (Fsp3) is 0.538. The molecule has 18 heavy (non-hydrogen) atoms. The maximum atomic E-state index is 11.0. The second-order valence-corrected chi connectivity index (χ2v) is 6.55. The molecule has 0 fully saturated rings. The maximum Gasteiger partial charge on any atom is 0.147 e. The first-order valence-corrected chi connectivity index (χ1v) is 8.07. The molecule has 102 valence electrons. The lowest BCUT2D eigenvalue weighted by Crippen LogP contribution is -2.05. The summed E-state index contributed by atoms with van der Waals surface area (Å²) in [6, 6.07) is 7.21. The molecule has 1 unspecified atom stereocenters.